The van der Waals surface area contributed by atoms with Crippen LogP contribution in [0.25, 0.3) is 11.3 Å². The molecule has 0 aliphatic carbocycles. The van der Waals surface area contributed by atoms with Gasteiger partial charge in [0.05, 0.1) is 17.2 Å². The molecule has 1 aromatic carbocycles. The predicted octanol–water partition coefficient (Wildman–Crippen LogP) is 3.73. The number of piperidine rings is 1. The van der Waals surface area contributed by atoms with Crippen LogP contribution in [0.2, 0.25) is 5.02 Å². The molecule has 1 saturated heterocycles. The van der Waals surface area contributed by atoms with Crippen molar-refractivity contribution in [1.82, 2.24) is 15.6 Å². The number of hydrogen-bond acceptors (Lipinski definition) is 5. The quantitative estimate of drug-likeness (QED) is 0.782. The third-order valence-corrected chi connectivity index (χ3v) is 6.00. The third kappa shape index (κ3) is 5.02. The number of hydrogen-bond donors (Lipinski definition) is 2. The Hall–Kier alpha value is -1.50. The Morgan fingerprint density at radius 1 is 1.46 bits per heavy atom. The van der Waals surface area contributed by atoms with Crippen molar-refractivity contribution < 1.29 is 9.21 Å². The number of nitrogens with one attached hydrogen (secondary N) is 2. The van der Waals surface area contributed by atoms with E-state index >= 15 is 0 Å². The van der Waals surface area contributed by atoms with Crippen molar-refractivity contribution in [2.24, 2.45) is 5.92 Å². The second-order valence-corrected chi connectivity index (χ2v) is 8.43. The molecule has 0 saturated carbocycles. The molecule has 140 valence electrons. The largest absolute Gasteiger partial charge is 0.440 e. The van der Waals surface area contributed by atoms with Gasteiger partial charge in [-0.2, -0.15) is 0 Å². The van der Waals surface area contributed by atoms with Crippen molar-refractivity contribution in [3.05, 3.63) is 41.4 Å². The van der Waals surface area contributed by atoms with E-state index < -0.39 is 0 Å². The summed E-state index contributed by atoms with van der Waals surface area (Å²) in [6.45, 7) is 6.01. The Balaban J connectivity index is 1.50. The summed E-state index contributed by atoms with van der Waals surface area (Å²) in [5.74, 6) is 2.42. The van der Waals surface area contributed by atoms with Gasteiger partial charge in [0.25, 0.3) is 0 Å². The SMILES string of the molecule is CC(SCc1ncc(-c2ccc(Cl)cc2)o1)C(=O)NC1CCNCC1C. The predicted molar refractivity (Wildman–Crippen MR) is 106 cm³/mol. The normalized spacial score (nSPS) is 21.3. The third-order valence-electron chi connectivity index (χ3n) is 4.62. The van der Waals surface area contributed by atoms with Crippen molar-refractivity contribution in [1.29, 1.82) is 0 Å². The molecule has 26 heavy (non-hydrogen) atoms. The van der Waals surface area contributed by atoms with E-state index in [-0.39, 0.29) is 17.2 Å². The fourth-order valence-corrected chi connectivity index (χ4v) is 3.80. The summed E-state index contributed by atoms with van der Waals surface area (Å²) in [6.07, 6.45) is 2.69. The van der Waals surface area contributed by atoms with Crippen molar-refractivity contribution >= 4 is 29.3 Å². The summed E-state index contributed by atoms with van der Waals surface area (Å²) >= 11 is 7.44. The molecule has 3 rings (SSSR count). The van der Waals surface area contributed by atoms with Crippen molar-refractivity contribution in [3.63, 3.8) is 0 Å². The van der Waals surface area contributed by atoms with Gasteiger partial charge in [0.2, 0.25) is 11.8 Å². The molecule has 1 aromatic heterocycles. The maximum atomic E-state index is 12.4. The zero-order valence-electron chi connectivity index (χ0n) is 15.0. The highest BCUT2D eigenvalue weighted by Crippen LogP contribution is 2.25. The van der Waals surface area contributed by atoms with Gasteiger partial charge in [0.15, 0.2) is 5.76 Å². The van der Waals surface area contributed by atoms with E-state index in [1.54, 1.807) is 6.20 Å². The first-order chi connectivity index (χ1) is 12.5. The van der Waals surface area contributed by atoms with Crippen LogP contribution in [0.15, 0.2) is 34.9 Å². The van der Waals surface area contributed by atoms with Gasteiger partial charge in [0, 0.05) is 16.6 Å². The summed E-state index contributed by atoms with van der Waals surface area (Å²) in [7, 11) is 0. The molecule has 1 aliphatic rings. The summed E-state index contributed by atoms with van der Waals surface area (Å²) in [5.41, 5.74) is 0.934. The van der Waals surface area contributed by atoms with Crippen LogP contribution in [0, 0.1) is 5.92 Å². The van der Waals surface area contributed by atoms with E-state index in [0.717, 1.165) is 25.1 Å². The second-order valence-electron chi connectivity index (χ2n) is 6.66. The highest BCUT2D eigenvalue weighted by Gasteiger charge is 2.25. The standard InChI is InChI=1S/C19H24ClN3O2S/c1-12-9-21-8-7-16(12)23-19(24)13(2)26-11-18-22-10-17(25-18)14-3-5-15(20)6-4-14/h3-6,10,12-13,16,21H,7-9,11H2,1-2H3,(H,23,24). The van der Waals surface area contributed by atoms with Crippen LogP contribution < -0.4 is 10.6 Å². The van der Waals surface area contributed by atoms with Gasteiger partial charge < -0.3 is 15.1 Å². The maximum Gasteiger partial charge on any atom is 0.233 e. The molecule has 0 spiro atoms. The minimum absolute atomic E-state index is 0.0817. The van der Waals surface area contributed by atoms with Gasteiger partial charge in [-0.15, -0.1) is 11.8 Å². The van der Waals surface area contributed by atoms with E-state index in [0.29, 0.717) is 28.3 Å². The van der Waals surface area contributed by atoms with Crippen LogP contribution >= 0.6 is 23.4 Å². The lowest BCUT2D eigenvalue weighted by Gasteiger charge is -2.31. The molecule has 1 fully saturated rings. The smallest absolute Gasteiger partial charge is 0.233 e. The number of nitrogens with zero attached hydrogens (tertiary/aromatic N) is 1. The second kappa shape index (κ2) is 8.93. The average molecular weight is 394 g/mol. The summed E-state index contributed by atoms with van der Waals surface area (Å²) in [5, 5.41) is 7.06. The maximum absolute atomic E-state index is 12.4. The van der Waals surface area contributed by atoms with E-state index in [1.165, 1.54) is 11.8 Å². The highest BCUT2D eigenvalue weighted by molar-refractivity contribution is 7.99. The van der Waals surface area contributed by atoms with Gasteiger partial charge in [-0.05, 0) is 56.6 Å². The number of aromatic nitrogens is 1. The monoisotopic (exact) mass is 393 g/mol. The molecule has 0 bridgehead atoms. The summed E-state index contributed by atoms with van der Waals surface area (Å²) < 4.78 is 5.79. The average Bonchev–Trinajstić information content (AvgIpc) is 3.11. The van der Waals surface area contributed by atoms with Crippen molar-refractivity contribution in [3.8, 4) is 11.3 Å². The molecule has 7 heteroatoms. The lowest BCUT2D eigenvalue weighted by Crippen LogP contribution is -2.50. The van der Waals surface area contributed by atoms with E-state index in [4.69, 9.17) is 16.0 Å². The van der Waals surface area contributed by atoms with Crippen LogP contribution in [-0.2, 0) is 10.5 Å². The lowest BCUT2D eigenvalue weighted by atomic mass is 9.95. The first-order valence-corrected chi connectivity index (χ1v) is 10.3. The number of benzene rings is 1. The van der Waals surface area contributed by atoms with Crippen LogP contribution in [-0.4, -0.2) is 35.3 Å². The first-order valence-electron chi connectivity index (χ1n) is 8.86. The molecule has 3 atom stereocenters. The molecule has 2 heterocycles. The molecular formula is C19H24ClN3O2S. The van der Waals surface area contributed by atoms with Gasteiger partial charge >= 0.3 is 0 Å². The molecular weight excluding hydrogens is 370 g/mol. The van der Waals surface area contributed by atoms with Crippen LogP contribution in [0.5, 0.6) is 0 Å². The number of amides is 1. The minimum atomic E-state index is -0.150. The molecule has 1 aliphatic heterocycles. The molecule has 2 aromatic rings. The van der Waals surface area contributed by atoms with Crippen LogP contribution in [0.4, 0.5) is 0 Å². The molecule has 2 N–H and O–H groups in total. The molecule has 0 radical (unpaired) electrons. The van der Waals surface area contributed by atoms with E-state index in [2.05, 4.69) is 22.5 Å². The molecule has 5 nitrogen and oxygen atoms in total. The number of thioether (sulfide) groups is 1. The molecule has 1 amide bonds. The number of carbonyl (C=O) groups is 1. The van der Waals surface area contributed by atoms with E-state index in [1.807, 2.05) is 31.2 Å². The number of rotatable bonds is 6. The zero-order chi connectivity index (χ0) is 18.5. The summed E-state index contributed by atoms with van der Waals surface area (Å²) in [6, 6.07) is 7.70. The van der Waals surface area contributed by atoms with Gasteiger partial charge in [-0.1, -0.05) is 18.5 Å². The number of oxazole rings is 1. The molecule has 3 unspecified atom stereocenters. The Morgan fingerprint density at radius 3 is 2.96 bits per heavy atom. The minimum Gasteiger partial charge on any atom is -0.440 e. The zero-order valence-corrected chi connectivity index (χ0v) is 16.6. The van der Waals surface area contributed by atoms with Gasteiger partial charge in [0.1, 0.15) is 0 Å². The van der Waals surface area contributed by atoms with Crippen molar-refractivity contribution in [2.75, 3.05) is 13.1 Å². The fraction of sp³-hybridized carbons (Fsp3) is 0.474. The number of halogens is 1. The van der Waals surface area contributed by atoms with Gasteiger partial charge in [-0.3, -0.25) is 4.79 Å². The Kier molecular flexibility index (Phi) is 6.62. The Bertz CT molecular complexity index is 735. The van der Waals surface area contributed by atoms with E-state index in [9.17, 15) is 4.79 Å². The Labute approximate surface area is 163 Å². The highest BCUT2D eigenvalue weighted by atomic mass is 35.5. The topological polar surface area (TPSA) is 67.2 Å². The van der Waals surface area contributed by atoms with Crippen LogP contribution in [0.1, 0.15) is 26.2 Å². The number of carbonyl (C=O) groups excluding carboxylic acids is 1. The van der Waals surface area contributed by atoms with Gasteiger partial charge in [-0.25, -0.2) is 4.98 Å². The summed E-state index contributed by atoms with van der Waals surface area (Å²) in [4.78, 5) is 16.7. The Morgan fingerprint density at radius 2 is 2.23 bits per heavy atom. The first kappa shape index (κ1) is 19.3. The van der Waals surface area contributed by atoms with Crippen LogP contribution in [0.3, 0.4) is 0 Å². The lowest BCUT2D eigenvalue weighted by molar-refractivity contribution is -0.121. The fourth-order valence-electron chi connectivity index (χ4n) is 2.93. The van der Waals surface area contributed by atoms with Crippen molar-refractivity contribution in [2.45, 2.75) is 37.3 Å².